The molecule has 0 aromatic heterocycles. The number of ketones is 1. The summed E-state index contributed by atoms with van der Waals surface area (Å²) in [6.07, 6.45) is 2.19. The number of carboxylic acids is 1. The highest BCUT2D eigenvalue weighted by molar-refractivity contribution is 6.32. The zero-order chi connectivity index (χ0) is 26.5. The molecule has 0 aliphatic carbocycles. The molecule has 1 N–H and O–H groups in total. The van der Waals surface area contributed by atoms with Crippen molar-refractivity contribution in [1.82, 2.24) is 0 Å². The first kappa shape index (κ1) is 26.4. The first-order valence-electron chi connectivity index (χ1n) is 12.0. The molecule has 1 unspecified atom stereocenters. The summed E-state index contributed by atoms with van der Waals surface area (Å²) in [6.45, 7) is 2.32. The van der Waals surface area contributed by atoms with Crippen LogP contribution in [0, 0.1) is 6.92 Å². The summed E-state index contributed by atoms with van der Waals surface area (Å²) in [5.41, 5.74) is 3.27. The molecule has 0 bridgehead atoms. The van der Waals surface area contributed by atoms with Gasteiger partial charge < -0.3 is 24.1 Å². The molecule has 4 rings (SSSR count). The predicted octanol–water partition coefficient (Wildman–Crippen LogP) is 6.61. The van der Waals surface area contributed by atoms with Crippen molar-refractivity contribution in [2.75, 3.05) is 20.8 Å². The molecule has 0 saturated heterocycles. The molecule has 194 valence electrons. The van der Waals surface area contributed by atoms with Gasteiger partial charge >= 0.3 is 5.97 Å². The maximum absolute atomic E-state index is 12.8. The Bertz CT molecular complexity index is 1300. The Hall–Kier alpha value is -3.71. The minimum Gasteiger partial charge on any atom is -0.497 e. The summed E-state index contributed by atoms with van der Waals surface area (Å²) in [6, 6.07) is 13.9. The van der Waals surface area contributed by atoms with E-state index in [4.69, 9.17) is 30.5 Å². The molecule has 0 fully saturated rings. The molecule has 1 aliphatic heterocycles. The number of methoxy groups -OCH3 is 2. The van der Waals surface area contributed by atoms with E-state index in [9.17, 15) is 14.7 Å². The monoisotopic (exact) mass is 524 g/mol. The summed E-state index contributed by atoms with van der Waals surface area (Å²) < 4.78 is 22.3. The molecule has 0 spiro atoms. The van der Waals surface area contributed by atoms with Crippen LogP contribution in [0.15, 0.2) is 48.5 Å². The number of carbonyl (C=O) groups excluding carboxylic acids is 1. The molecule has 0 saturated carbocycles. The van der Waals surface area contributed by atoms with Crippen molar-refractivity contribution < 1.29 is 33.6 Å². The molecule has 3 aromatic carbocycles. The van der Waals surface area contributed by atoms with Crippen LogP contribution in [-0.2, 0) is 11.2 Å². The van der Waals surface area contributed by atoms with E-state index in [1.807, 2.05) is 19.1 Å². The lowest BCUT2D eigenvalue weighted by Gasteiger charge is -2.24. The van der Waals surface area contributed by atoms with E-state index in [1.54, 1.807) is 50.6 Å². The number of ether oxygens (including phenoxy) is 4. The lowest BCUT2D eigenvalue weighted by Crippen LogP contribution is -2.20. The molecule has 1 atom stereocenters. The number of fused-ring (bicyclic) bond motifs is 1. The van der Waals surface area contributed by atoms with Gasteiger partial charge in [0, 0.05) is 29.7 Å². The number of aryl methyl sites for hydroxylation is 1. The summed E-state index contributed by atoms with van der Waals surface area (Å²) in [4.78, 5) is 24.3. The van der Waals surface area contributed by atoms with Crippen LogP contribution >= 0.6 is 11.6 Å². The van der Waals surface area contributed by atoms with Crippen LogP contribution in [0.1, 0.15) is 52.2 Å². The predicted molar refractivity (Wildman–Crippen MR) is 140 cm³/mol. The Morgan fingerprint density at radius 1 is 1.03 bits per heavy atom. The summed E-state index contributed by atoms with van der Waals surface area (Å²) >= 11 is 6.38. The maximum atomic E-state index is 12.8. The smallest absolute Gasteiger partial charge is 0.311 e. The summed E-state index contributed by atoms with van der Waals surface area (Å²) in [5, 5.41) is 9.74. The highest BCUT2D eigenvalue weighted by Crippen LogP contribution is 2.42. The number of rotatable bonds is 10. The van der Waals surface area contributed by atoms with E-state index in [-0.39, 0.29) is 5.78 Å². The number of carbonyl (C=O) groups is 2. The number of hydrogen-bond donors (Lipinski definition) is 1. The van der Waals surface area contributed by atoms with E-state index in [2.05, 4.69) is 0 Å². The van der Waals surface area contributed by atoms with Gasteiger partial charge in [0.25, 0.3) is 0 Å². The molecular formula is C29H29ClO7. The van der Waals surface area contributed by atoms with Gasteiger partial charge in [-0.3, -0.25) is 9.59 Å². The van der Waals surface area contributed by atoms with Crippen molar-refractivity contribution >= 4 is 23.4 Å². The second kappa shape index (κ2) is 11.6. The number of aliphatic carboxylic acids is 1. The van der Waals surface area contributed by atoms with Crippen molar-refractivity contribution in [3.05, 3.63) is 75.8 Å². The lowest BCUT2D eigenvalue weighted by molar-refractivity contribution is -0.139. The molecule has 3 aromatic rings. The molecule has 0 amide bonds. The molecule has 1 heterocycles. The quantitative estimate of drug-likeness (QED) is 0.298. The number of halogens is 1. The minimum absolute atomic E-state index is 0.0385. The van der Waals surface area contributed by atoms with Crippen LogP contribution in [0.25, 0.3) is 0 Å². The van der Waals surface area contributed by atoms with E-state index in [0.717, 1.165) is 22.6 Å². The zero-order valence-corrected chi connectivity index (χ0v) is 21.8. The van der Waals surface area contributed by atoms with Crippen molar-refractivity contribution in [1.29, 1.82) is 0 Å². The highest BCUT2D eigenvalue weighted by atomic mass is 35.5. The number of Topliss-reactive ketones (excluding diaryl/α,β-unsaturated/α-hetero) is 1. The average molecular weight is 525 g/mol. The van der Waals surface area contributed by atoms with Gasteiger partial charge in [0.15, 0.2) is 5.78 Å². The Labute approximate surface area is 220 Å². The van der Waals surface area contributed by atoms with Crippen LogP contribution in [0.4, 0.5) is 0 Å². The third kappa shape index (κ3) is 6.00. The first-order valence-corrected chi connectivity index (χ1v) is 12.4. The summed E-state index contributed by atoms with van der Waals surface area (Å²) in [5.74, 6) is 1.28. The van der Waals surface area contributed by atoms with Gasteiger partial charge in [-0.05, 0) is 73.7 Å². The largest absolute Gasteiger partial charge is 0.497 e. The van der Waals surface area contributed by atoms with Crippen LogP contribution in [0.3, 0.4) is 0 Å². The second-order valence-corrected chi connectivity index (χ2v) is 9.28. The van der Waals surface area contributed by atoms with Crippen molar-refractivity contribution in [3.8, 4) is 28.7 Å². The van der Waals surface area contributed by atoms with Gasteiger partial charge in [0.05, 0.1) is 31.8 Å². The third-order valence-electron chi connectivity index (χ3n) is 6.50. The Morgan fingerprint density at radius 2 is 1.78 bits per heavy atom. The molecule has 8 heteroatoms. The van der Waals surface area contributed by atoms with Gasteiger partial charge in [0.1, 0.15) is 28.7 Å². The van der Waals surface area contributed by atoms with Crippen LogP contribution < -0.4 is 18.9 Å². The molecule has 1 aliphatic rings. The zero-order valence-electron chi connectivity index (χ0n) is 21.0. The number of hydrogen-bond acceptors (Lipinski definition) is 6. The van der Waals surface area contributed by atoms with Gasteiger partial charge in [-0.15, -0.1) is 0 Å². The fourth-order valence-electron chi connectivity index (χ4n) is 4.50. The van der Waals surface area contributed by atoms with Crippen LogP contribution in [0.5, 0.6) is 28.7 Å². The normalized spacial score (nSPS) is 14.3. The van der Waals surface area contributed by atoms with E-state index in [0.29, 0.717) is 65.7 Å². The van der Waals surface area contributed by atoms with E-state index < -0.39 is 11.9 Å². The number of carboxylic acid groups (broad SMARTS) is 1. The van der Waals surface area contributed by atoms with Crippen LogP contribution in [0.2, 0.25) is 5.02 Å². The molecule has 0 radical (unpaired) electrons. The summed E-state index contributed by atoms with van der Waals surface area (Å²) in [7, 11) is 3.25. The number of benzene rings is 3. The minimum atomic E-state index is -0.909. The van der Waals surface area contributed by atoms with Gasteiger partial charge in [-0.1, -0.05) is 11.6 Å². The topological polar surface area (TPSA) is 91.3 Å². The molecular weight excluding hydrogens is 496 g/mol. The van der Waals surface area contributed by atoms with Crippen molar-refractivity contribution in [2.24, 2.45) is 0 Å². The van der Waals surface area contributed by atoms with Gasteiger partial charge in [0.2, 0.25) is 0 Å². The van der Waals surface area contributed by atoms with Gasteiger partial charge in [-0.25, -0.2) is 0 Å². The van der Waals surface area contributed by atoms with Gasteiger partial charge in [-0.2, -0.15) is 0 Å². The first-order chi connectivity index (χ1) is 17.8. The Balaban J connectivity index is 1.38. The van der Waals surface area contributed by atoms with Crippen molar-refractivity contribution in [3.63, 3.8) is 0 Å². The lowest BCUT2D eigenvalue weighted by atomic mass is 9.93. The fraction of sp³-hybridized carbons (Fsp3) is 0.310. The third-order valence-corrected chi connectivity index (χ3v) is 6.79. The standard InChI is InChI=1S/C29H29ClO7/c1-17-13-20(34-2)14-26(35-3)21(17)5-4-6-25(31)18-7-9-19(10-8-18)37-28-16-27-23(15-24(28)30)22(29(32)33)11-12-36-27/h7-10,13-16,22H,4-6,11-12H2,1-3H3,(H,32,33). The Morgan fingerprint density at radius 3 is 2.46 bits per heavy atom. The Kier molecular flexibility index (Phi) is 8.24. The van der Waals surface area contributed by atoms with Crippen molar-refractivity contribution in [2.45, 2.75) is 38.5 Å². The van der Waals surface area contributed by atoms with Crippen LogP contribution in [-0.4, -0.2) is 37.7 Å². The average Bonchev–Trinajstić information content (AvgIpc) is 2.89. The molecule has 37 heavy (non-hydrogen) atoms. The maximum Gasteiger partial charge on any atom is 0.311 e. The van der Waals surface area contributed by atoms with E-state index in [1.165, 1.54) is 0 Å². The second-order valence-electron chi connectivity index (χ2n) is 8.88. The van der Waals surface area contributed by atoms with E-state index >= 15 is 0 Å². The SMILES string of the molecule is COc1cc(C)c(CCCC(=O)c2ccc(Oc3cc4c(cc3Cl)C(C(=O)O)CCO4)cc2)c(OC)c1. The fourth-order valence-corrected chi connectivity index (χ4v) is 4.71. The highest BCUT2D eigenvalue weighted by Gasteiger charge is 2.29. The molecule has 7 nitrogen and oxygen atoms in total.